The second-order valence-electron chi connectivity index (χ2n) is 7.00. The van der Waals surface area contributed by atoms with Crippen molar-refractivity contribution in [3.63, 3.8) is 0 Å². The van der Waals surface area contributed by atoms with E-state index in [0.717, 1.165) is 0 Å². The molecule has 0 aromatic carbocycles. The molecule has 0 saturated heterocycles. The van der Waals surface area contributed by atoms with Crippen LogP contribution in [0.2, 0.25) is 47.8 Å². The summed E-state index contributed by atoms with van der Waals surface area (Å²) < 4.78 is 0. The standard InChI is InChI=1S/2C6H15Si.C2H6Ge/c2*1-6(2,3)7(4)5;1-3-2/h2*1-5H3;1-2H3. The van der Waals surface area contributed by atoms with Crippen LogP contribution in [-0.2, 0) is 0 Å². The van der Waals surface area contributed by atoms with Crippen LogP contribution in [0.4, 0.5) is 0 Å². The summed E-state index contributed by atoms with van der Waals surface area (Å²) in [4.78, 5) is 0. The van der Waals surface area contributed by atoms with Gasteiger partial charge in [0.25, 0.3) is 0 Å². The zero-order valence-electron chi connectivity index (χ0n) is 14.5. The second kappa shape index (κ2) is 10.9. The van der Waals surface area contributed by atoms with E-state index in [2.05, 4.69) is 79.2 Å². The predicted octanol–water partition coefficient (Wildman–Crippen LogP) is 5.87. The fraction of sp³-hybridized carbons (Fsp3) is 1.00. The summed E-state index contributed by atoms with van der Waals surface area (Å²) in [5.41, 5.74) is 0. The van der Waals surface area contributed by atoms with Crippen molar-refractivity contribution in [2.24, 2.45) is 0 Å². The third-order valence-corrected chi connectivity index (χ3v) is 9.00. The summed E-state index contributed by atoms with van der Waals surface area (Å²) in [6.45, 7) is 23.2. The van der Waals surface area contributed by atoms with Crippen molar-refractivity contribution >= 4 is 33.0 Å². The van der Waals surface area contributed by atoms with E-state index < -0.39 is 0 Å². The molecule has 0 bridgehead atoms. The van der Waals surface area contributed by atoms with Crippen LogP contribution in [0.3, 0.4) is 0 Å². The minimum absolute atomic E-state index is 0.0502. The van der Waals surface area contributed by atoms with Crippen molar-refractivity contribution in [3.8, 4) is 0 Å². The quantitative estimate of drug-likeness (QED) is 0.487. The minimum atomic E-state index is -0.0502. The zero-order chi connectivity index (χ0) is 14.9. The summed E-state index contributed by atoms with van der Waals surface area (Å²) in [5.74, 6) is 4.50. The Bertz CT molecular complexity index is 135. The first-order chi connectivity index (χ1) is 7.30. The van der Waals surface area contributed by atoms with E-state index >= 15 is 0 Å². The van der Waals surface area contributed by atoms with E-state index in [0.29, 0.717) is 25.5 Å². The molecule has 0 aliphatic rings. The van der Waals surface area contributed by atoms with Crippen LogP contribution in [0.25, 0.3) is 0 Å². The molecule has 0 fully saturated rings. The molecule has 0 aromatic heterocycles. The van der Waals surface area contributed by atoms with Gasteiger partial charge in [0.1, 0.15) is 0 Å². The van der Waals surface area contributed by atoms with Crippen molar-refractivity contribution in [1.29, 1.82) is 0 Å². The molecule has 0 amide bonds. The van der Waals surface area contributed by atoms with Gasteiger partial charge in [0.2, 0.25) is 0 Å². The van der Waals surface area contributed by atoms with E-state index in [9.17, 15) is 0 Å². The number of hydrogen-bond donors (Lipinski definition) is 0. The first-order valence-corrected chi connectivity index (χ1v) is 15.7. The fourth-order valence-electron chi connectivity index (χ4n) is 0. The van der Waals surface area contributed by atoms with Crippen molar-refractivity contribution in [1.82, 2.24) is 0 Å². The van der Waals surface area contributed by atoms with Gasteiger partial charge in [-0.15, -0.1) is 0 Å². The molecular formula is C14H36GeSi2. The maximum absolute atomic E-state index is 2.35. The molecule has 17 heavy (non-hydrogen) atoms. The van der Waals surface area contributed by atoms with E-state index in [4.69, 9.17) is 0 Å². The van der Waals surface area contributed by atoms with Crippen molar-refractivity contribution < 1.29 is 0 Å². The van der Waals surface area contributed by atoms with Crippen LogP contribution in [0.15, 0.2) is 0 Å². The molecule has 0 aliphatic heterocycles. The Kier molecular flexibility index (Phi) is 14.8. The molecule has 0 unspecified atom stereocenters. The summed E-state index contributed by atoms with van der Waals surface area (Å²) in [6, 6.07) is 0. The Hall–Kier alpha value is 0.977. The molecule has 0 rings (SSSR count). The Balaban J connectivity index is -0.000000188. The maximum atomic E-state index is 2.35. The summed E-state index contributed by atoms with van der Waals surface area (Å²) in [7, 11) is -0.100. The van der Waals surface area contributed by atoms with Gasteiger partial charge in [0.15, 0.2) is 0 Å². The monoisotopic (exact) mass is 334 g/mol. The van der Waals surface area contributed by atoms with Crippen LogP contribution in [0.5, 0.6) is 0 Å². The van der Waals surface area contributed by atoms with Gasteiger partial charge in [-0.25, -0.2) is 0 Å². The molecule has 0 nitrogen and oxygen atoms in total. The molecule has 0 spiro atoms. The Morgan fingerprint density at radius 3 is 0.647 bits per heavy atom. The van der Waals surface area contributed by atoms with Gasteiger partial charge >= 0.3 is 26.9 Å². The third kappa shape index (κ3) is 22.6. The van der Waals surface area contributed by atoms with Crippen LogP contribution < -0.4 is 0 Å². The molecule has 3 heteroatoms. The third-order valence-electron chi connectivity index (χ3n) is 3.00. The van der Waals surface area contributed by atoms with Gasteiger partial charge in [-0.1, -0.05) is 67.7 Å². The molecule has 0 aliphatic carbocycles. The fourth-order valence-corrected chi connectivity index (χ4v) is 0. The first kappa shape index (κ1) is 23.1. The van der Waals surface area contributed by atoms with Gasteiger partial charge in [-0.2, -0.15) is 0 Å². The first-order valence-electron chi connectivity index (χ1n) is 6.50. The molecule has 0 aromatic rings. The van der Waals surface area contributed by atoms with Crippen LogP contribution in [-0.4, -0.2) is 33.0 Å². The Morgan fingerprint density at radius 1 is 0.588 bits per heavy atom. The van der Waals surface area contributed by atoms with Gasteiger partial charge in [-0.3, -0.25) is 0 Å². The normalized spacial score (nSPS) is 11.6. The Morgan fingerprint density at radius 2 is 0.647 bits per heavy atom. The van der Waals surface area contributed by atoms with Gasteiger partial charge < -0.3 is 0 Å². The Labute approximate surface area is 122 Å². The zero-order valence-corrected chi connectivity index (χ0v) is 18.6. The van der Waals surface area contributed by atoms with Crippen LogP contribution in [0, 0.1) is 0 Å². The van der Waals surface area contributed by atoms with Gasteiger partial charge in [-0.05, 0) is 10.1 Å². The van der Waals surface area contributed by atoms with E-state index in [1.54, 1.807) is 0 Å². The number of hydrogen-bond acceptors (Lipinski definition) is 0. The van der Waals surface area contributed by atoms with Crippen molar-refractivity contribution in [2.75, 3.05) is 0 Å². The van der Waals surface area contributed by atoms with E-state index in [1.807, 2.05) is 0 Å². The van der Waals surface area contributed by atoms with Gasteiger partial charge in [0.05, 0.1) is 0 Å². The predicted molar refractivity (Wildman–Crippen MR) is 91.9 cm³/mol. The molecule has 0 saturated carbocycles. The van der Waals surface area contributed by atoms with E-state index in [-0.39, 0.29) is 17.6 Å². The SMILES string of the molecule is C[Si](C)C(C)(C)C.C[Si](C)C(C)(C)C.[CH3][Ge][CH3]. The molecule has 0 N–H and O–H groups in total. The summed E-state index contributed by atoms with van der Waals surface area (Å²) in [6.07, 6.45) is 0. The average Bonchev–Trinajstić information content (AvgIpc) is 2.02. The van der Waals surface area contributed by atoms with Crippen molar-refractivity contribution in [3.05, 3.63) is 0 Å². The van der Waals surface area contributed by atoms with Crippen LogP contribution >= 0.6 is 0 Å². The molecule has 0 heterocycles. The molecular weight excluding hydrogens is 297 g/mol. The molecule has 0 atom stereocenters. The molecule has 4 radical (unpaired) electrons. The topological polar surface area (TPSA) is 0 Å². The van der Waals surface area contributed by atoms with Gasteiger partial charge in [0, 0.05) is 17.6 Å². The molecule has 104 valence electrons. The van der Waals surface area contributed by atoms with Crippen molar-refractivity contribution in [2.45, 2.75) is 89.3 Å². The second-order valence-corrected chi connectivity index (χ2v) is 16.1. The van der Waals surface area contributed by atoms with E-state index in [1.165, 1.54) is 0 Å². The summed E-state index contributed by atoms with van der Waals surface area (Å²) in [5, 5.41) is 1.20. The van der Waals surface area contributed by atoms with Crippen LogP contribution in [0.1, 0.15) is 41.5 Å². The summed E-state index contributed by atoms with van der Waals surface area (Å²) >= 11 is 0.500. The average molecular weight is 333 g/mol. The number of rotatable bonds is 0.